The number of halogens is 7. The largest absolute Gasteiger partial charge is 0.478 e. The molecule has 0 heterocycles. The number of carbonyl (C=O) groups is 2. The number of aromatic carboxylic acids is 1. The summed E-state index contributed by atoms with van der Waals surface area (Å²) in [6.45, 7) is 0.387. The summed E-state index contributed by atoms with van der Waals surface area (Å²) < 4.78 is 93.7. The second-order valence-corrected chi connectivity index (χ2v) is 4.08. The molecule has 0 amide bonds. The van der Waals surface area contributed by atoms with Gasteiger partial charge in [0.1, 0.15) is 11.4 Å². The molecule has 1 aromatic rings. The topological polar surface area (TPSA) is 74.6 Å². The maximum Gasteiger partial charge on any atom is 0.408 e. The Morgan fingerprint density at radius 2 is 1.36 bits per heavy atom. The van der Waals surface area contributed by atoms with Crippen molar-refractivity contribution in [2.45, 2.75) is 18.8 Å². The van der Waals surface area contributed by atoms with E-state index >= 15 is 0 Å². The number of alkyl halides is 4. The van der Waals surface area contributed by atoms with Crippen LogP contribution in [0.1, 0.15) is 21.5 Å². The Balaban J connectivity index is 3.96. The minimum Gasteiger partial charge on any atom is -0.478 e. The molecule has 1 rings (SSSR count). The molecular weight excluding hydrogens is 329 g/mol. The van der Waals surface area contributed by atoms with E-state index in [0.29, 0.717) is 6.92 Å². The van der Waals surface area contributed by atoms with Crippen LogP contribution < -0.4 is 0 Å². The minimum absolute atomic E-state index is 0.387. The van der Waals surface area contributed by atoms with E-state index in [0.717, 1.165) is 0 Å². The Labute approximate surface area is 116 Å². The third kappa shape index (κ3) is 2.25. The molecule has 0 aliphatic heterocycles. The number of carboxylic acids is 2. The first-order chi connectivity index (χ1) is 9.78. The van der Waals surface area contributed by atoms with Gasteiger partial charge in [-0.2, -0.15) is 17.6 Å². The molecule has 0 aromatic heterocycles. The molecule has 0 aliphatic rings. The molecule has 0 atom stereocenters. The summed E-state index contributed by atoms with van der Waals surface area (Å²) >= 11 is 0. The van der Waals surface area contributed by atoms with E-state index in [9.17, 15) is 40.3 Å². The molecule has 0 radical (unpaired) electrons. The van der Waals surface area contributed by atoms with Gasteiger partial charge in [0.25, 0.3) is 0 Å². The van der Waals surface area contributed by atoms with Crippen molar-refractivity contribution in [3.8, 4) is 0 Å². The maximum atomic E-state index is 13.7. The first-order valence-corrected chi connectivity index (χ1v) is 5.18. The third-order valence-corrected chi connectivity index (χ3v) is 2.73. The summed E-state index contributed by atoms with van der Waals surface area (Å²) in [5, 5.41) is 16.6. The Kier molecular flexibility index (Phi) is 4.14. The quantitative estimate of drug-likeness (QED) is 0.656. The molecule has 4 nitrogen and oxygen atoms in total. The number of rotatable bonds is 4. The molecule has 122 valence electrons. The maximum absolute atomic E-state index is 13.7. The molecular formula is C11H5F7O4. The van der Waals surface area contributed by atoms with Gasteiger partial charge in [-0.25, -0.2) is 22.8 Å². The van der Waals surface area contributed by atoms with Crippen LogP contribution >= 0.6 is 0 Å². The molecule has 0 aliphatic carbocycles. The molecule has 2 N–H and O–H groups in total. The smallest absolute Gasteiger partial charge is 0.408 e. The van der Waals surface area contributed by atoms with Crippen molar-refractivity contribution in [1.29, 1.82) is 0 Å². The van der Waals surface area contributed by atoms with Gasteiger partial charge in [0.05, 0.1) is 5.56 Å². The van der Waals surface area contributed by atoms with Crippen LogP contribution in [-0.4, -0.2) is 28.1 Å². The number of aliphatic carboxylic acids is 1. The molecule has 0 saturated heterocycles. The van der Waals surface area contributed by atoms with Crippen molar-refractivity contribution >= 4 is 11.9 Å². The number of carboxylic acid groups (broad SMARTS) is 2. The van der Waals surface area contributed by atoms with Crippen LogP contribution in [0.5, 0.6) is 0 Å². The molecule has 22 heavy (non-hydrogen) atoms. The number of benzene rings is 1. The van der Waals surface area contributed by atoms with E-state index < -0.39 is 57.9 Å². The average Bonchev–Trinajstić information content (AvgIpc) is 2.38. The highest BCUT2D eigenvalue weighted by molar-refractivity contribution is 5.91. The predicted octanol–water partition coefficient (Wildman–Crippen LogP) is 2.92. The molecule has 0 bridgehead atoms. The lowest BCUT2D eigenvalue weighted by Gasteiger charge is -2.25. The number of hydrogen-bond acceptors (Lipinski definition) is 2. The fourth-order valence-electron chi connectivity index (χ4n) is 1.56. The van der Waals surface area contributed by atoms with Gasteiger partial charge in [-0.1, -0.05) is 0 Å². The summed E-state index contributed by atoms with van der Waals surface area (Å²) in [6.07, 6.45) is 0. The second-order valence-electron chi connectivity index (χ2n) is 4.08. The van der Waals surface area contributed by atoms with Crippen molar-refractivity contribution < 1.29 is 50.5 Å². The van der Waals surface area contributed by atoms with E-state index in [1.807, 2.05) is 0 Å². The van der Waals surface area contributed by atoms with E-state index in [2.05, 4.69) is 0 Å². The first-order valence-electron chi connectivity index (χ1n) is 5.18. The van der Waals surface area contributed by atoms with Gasteiger partial charge in [-0.3, -0.25) is 0 Å². The van der Waals surface area contributed by atoms with Gasteiger partial charge < -0.3 is 10.2 Å². The van der Waals surface area contributed by atoms with Crippen LogP contribution in [0.25, 0.3) is 0 Å². The Morgan fingerprint density at radius 3 is 1.73 bits per heavy atom. The van der Waals surface area contributed by atoms with E-state index in [-0.39, 0.29) is 0 Å². The first kappa shape index (κ1) is 17.7. The van der Waals surface area contributed by atoms with Crippen LogP contribution in [0.3, 0.4) is 0 Å². The number of hydrogen-bond donors (Lipinski definition) is 2. The van der Waals surface area contributed by atoms with Crippen LogP contribution in [-0.2, 0) is 10.7 Å². The Bertz CT molecular complexity index is 669. The lowest BCUT2D eigenvalue weighted by atomic mass is 9.93. The highest BCUT2D eigenvalue weighted by Gasteiger charge is 2.66. The zero-order chi connectivity index (χ0) is 17.6. The summed E-state index contributed by atoms with van der Waals surface area (Å²) in [7, 11) is 0. The summed E-state index contributed by atoms with van der Waals surface area (Å²) in [5.74, 6) is -25.2. The standard InChI is InChI=1S/C11H5F7O4/c1-2-5(12)4(3(8(19)20)7(14)6(2)13)10(15,16)11(17,18)9(21)22/h1H3,(H,19,20)(H,21,22). The van der Waals surface area contributed by atoms with Crippen molar-refractivity contribution in [2.24, 2.45) is 0 Å². The predicted molar refractivity (Wildman–Crippen MR) is 54.5 cm³/mol. The van der Waals surface area contributed by atoms with Crippen molar-refractivity contribution in [2.75, 3.05) is 0 Å². The fourth-order valence-corrected chi connectivity index (χ4v) is 1.56. The molecule has 0 fully saturated rings. The van der Waals surface area contributed by atoms with Crippen molar-refractivity contribution in [3.63, 3.8) is 0 Å². The Hall–Kier alpha value is -2.33. The van der Waals surface area contributed by atoms with Crippen molar-refractivity contribution in [1.82, 2.24) is 0 Å². The highest BCUT2D eigenvalue weighted by Crippen LogP contribution is 2.46. The van der Waals surface area contributed by atoms with E-state index in [1.54, 1.807) is 0 Å². The second kappa shape index (κ2) is 5.14. The van der Waals surface area contributed by atoms with Crippen LogP contribution in [0.2, 0.25) is 0 Å². The highest BCUT2D eigenvalue weighted by atomic mass is 19.3. The Morgan fingerprint density at radius 1 is 0.909 bits per heavy atom. The zero-order valence-electron chi connectivity index (χ0n) is 10.4. The fraction of sp³-hybridized carbons (Fsp3) is 0.273. The SMILES string of the molecule is Cc1c(F)c(F)c(C(=O)O)c(C(F)(F)C(F)(F)C(=O)O)c1F. The van der Waals surface area contributed by atoms with E-state index in [1.165, 1.54) is 0 Å². The zero-order valence-corrected chi connectivity index (χ0v) is 10.4. The summed E-state index contributed by atoms with van der Waals surface area (Å²) in [5.41, 5.74) is -6.66. The van der Waals surface area contributed by atoms with Crippen LogP contribution in [0.4, 0.5) is 30.7 Å². The van der Waals surface area contributed by atoms with Crippen LogP contribution in [0, 0.1) is 24.4 Å². The van der Waals surface area contributed by atoms with Crippen molar-refractivity contribution in [3.05, 3.63) is 34.1 Å². The monoisotopic (exact) mass is 334 g/mol. The molecule has 0 saturated carbocycles. The van der Waals surface area contributed by atoms with Gasteiger partial charge in [0.15, 0.2) is 11.6 Å². The third-order valence-electron chi connectivity index (χ3n) is 2.73. The molecule has 0 spiro atoms. The lowest BCUT2D eigenvalue weighted by molar-refractivity contribution is -0.229. The molecule has 11 heteroatoms. The molecule has 1 aromatic carbocycles. The minimum atomic E-state index is -5.96. The lowest BCUT2D eigenvalue weighted by Crippen LogP contribution is -2.46. The summed E-state index contributed by atoms with van der Waals surface area (Å²) in [6, 6.07) is 0. The van der Waals surface area contributed by atoms with Gasteiger partial charge in [-0.15, -0.1) is 0 Å². The van der Waals surface area contributed by atoms with Gasteiger partial charge in [0.2, 0.25) is 0 Å². The van der Waals surface area contributed by atoms with Gasteiger partial charge in [0, 0.05) is 5.56 Å². The average molecular weight is 334 g/mol. The van der Waals surface area contributed by atoms with Gasteiger partial charge >= 0.3 is 23.8 Å². The van der Waals surface area contributed by atoms with Crippen LogP contribution in [0.15, 0.2) is 0 Å². The summed E-state index contributed by atoms with van der Waals surface area (Å²) in [4.78, 5) is 20.9. The molecule has 0 unspecified atom stereocenters. The van der Waals surface area contributed by atoms with Gasteiger partial charge in [-0.05, 0) is 6.92 Å². The van der Waals surface area contributed by atoms with E-state index in [4.69, 9.17) is 10.2 Å². The normalized spacial score (nSPS) is 12.4.